The number of benzene rings is 1. The average Bonchev–Trinajstić information content (AvgIpc) is 3.33. The molecule has 0 radical (unpaired) electrons. The van der Waals surface area contributed by atoms with Crippen molar-refractivity contribution in [3.8, 4) is 0 Å². The van der Waals surface area contributed by atoms with E-state index in [1.165, 1.54) is 49.5 Å². The maximum absolute atomic E-state index is 3.73. The highest BCUT2D eigenvalue weighted by Gasteiger charge is 2.37. The van der Waals surface area contributed by atoms with Gasteiger partial charge in [0, 0.05) is 42.4 Å². The van der Waals surface area contributed by atoms with E-state index in [0.717, 1.165) is 12.0 Å². The second kappa shape index (κ2) is 6.97. The minimum Gasteiger partial charge on any atom is -0.311 e. The normalized spacial score (nSPS) is 27.6. The highest BCUT2D eigenvalue weighted by molar-refractivity contribution is 7.99. The molecule has 3 rings (SSSR count). The summed E-state index contributed by atoms with van der Waals surface area (Å²) in [5.41, 5.74) is 0. The first-order chi connectivity index (χ1) is 9.86. The first-order valence-electron chi connectivity index (χ1n) is 8.02. The van der Waals surface area contributed by atoms with Gasteiger partial charge in [-0.3, -0.25) is 4.90 Å². The molecule has 2 unspecified atom stereocenters. The summed E-state index contributed by atoms with van der Waals surface area (Å²) in [4.78, 5) is 4.16. The lowest BCUT2D eigenvalue weighted by molar-refractivity contribution is 0.121. The maximum atomic E-state index is 3.73. The standard InChI is InChI=1S/C17H26N2S/c1-2-15-13-19(17(12-18-15)14-8-9-14)10-11-20-16-6-4-3-5-7-16/h3-7,14-15,17-18H,2,8-13H2,1H3. The summed E-state index contributed by atoms with van der Waals surface area (Å²) < 4.78 is 0. The molecule has 1 aliphatic carbocycles. The lowest BCUT2D eigenvalue weighted by Gasteiger charge is -2.40. The maximum Gasteiger partial charge on any atom is 0.0249 e. The van der Waals surface area contributed by atoms with Gasteiger partial charge in [0.2, 0.25) is 0 Å². The van der Waals surface area contributed by atoms with E-state index in [-0.39, 0.29) is 0 Å². The number of hydrogen-bond acceptors (Lipinski definition) is 3. The summed E-state index contributed by atoms with van der Waals surface area (Å²) in [6.07, 6.45) is 4.15. The first kappa shape index (κ1) is 14.4. The molecule has 2 atom stereocenters. The lowest BCUT2D eigenvalue weighted by Crippen LogP contribution is -2.57. The Bertz CT molecular complexity index is 405. The molecule has 1 aromatic carbocycles. The Morgan fingerprint density at radius 2 is 2.05 bits per heavy atom. The molecule has 2 fully saturated rings. The Labute approximate surface area is 127 Å². The third-order valence-electron chi connectivity index (χ3n) is 4.59. The minimum atomic E-state index is 0.701. The van der Waals surface area contributed by atoms with Crippen molar-refractivity contribution in [3.63, 3.8) is 0 Å². The van der Waals surface area contributed by atoms with E-state index in [1.54, 1.807) is 0 Å². The van der Waals surface area contributed by atoms with Crippen LogP contribution in [0.4, 0.5) is 0 Å². The third-order valence-corrected chi connectivity index (χ3v) is 5.58. The molecule has 1 aromatic rings. The smallest absolute Gasteiger partial charge is 0.0249 e. The van der Waals surface area contributed by atoms with E-state index in [1.807, 2.05) is 11.8 Å². The topological polar surface area (TPSA) is 15.3 Å². The zero-order valence-corrected chi connectivity index (χ0v) is 13.2. The molecule has 0 spiro atoms. The zero-order valence-electron chi connectivity index (χ0n) is 12.4. The predicted molar refractivity (Wildman–Crippen MR) is 87.3 cm³/mol. The van der Waals surface area contributed by atoms with Crippen LogP contribution in [0.25, 0.3) is 0 Å². The fourth-order valence-corrected chi connectivity index (χ4v) is 4.08. The van der Waals surface area contributed by atoms with Crippen LogP contribution in [0.15, 0.2) is 35.2 Å². The van der Waals surface area contributed by atoms with Crippen molar-refractivity contribution >= 4 is 11.8 Å². The molecule has 1 N–H and O–H groups in total. The molecular weight excluding hydrogens is 264 g/mol. The number of piperazine rings is 1. The summed E-state index contributed by atoms with van der Waals surface area (Å²) in [6, 6.07) is 12.3. The van der Waals surface area contributed by atoms with Gasteiger partial charge < -0.3 is 5.32 Å². The second-order valence-electron chi connectivity index (χ2n) is 6.07. The molecule has 1 saturated carbocycles. The predicted octanol–water partition coefficient (Wildman–Crippen LogP) is 3.24. The largest absolute Gasteiger partial charge is 0.311 e. The molecule has 0 amide bonds. The fourth-order valence-electron chi connectivity index (χ4n) is 3.17. The molecule has 0 bridgehead atoms. The lowest BCUT2D eigenvalue weighted by atomic mass is 10.0. The van der Waals surface area contributed by atoms with Gasteiger partial charge in [-0.25, -0.2) is 0 Å². The van der Waals surface area contributed by atoms with Crippen molar-refractivity contribution in [3.05, 3.63) is 30.3 Å². The third kappa shape index (κ3) is 3.78. The van der Waals surface area contributed by atoms with Crippen molar-refractivity contribution in [2.75, 3.05) is 25.4 Å². The summed E-state index contributed by atoms with van der Waals surface area (Å²) >= 11 is 1.99. The van der Waals surface area contributed by atoms with E-state index in [9.17, 15) is 0 Å². The summed E-state index contributed by atoms with van der Waals surface area (Å²) in [6.45, 7) is 5.98. The van der Waals surface area contributed by atoms with Crippen molar-refractivity contribution in [2.45, 2.75) is 43.2 Å². The molecule has 20 heavy (non-hydrogen) atoms. The Morgan fingerprint density at radius 3 is 2.75 bits per heavy atom. The number of nitrogens with one attached hydrogen (secondary N) is 1. The minimum absolute atomic E-state index is 0.701. The van der Waals surface area contributed by atoms with Crippen molar-refractivity contribution in [1.29, 1.82) is 0 Å². The van der Waals surface area contributed by atoms with Gasteiger partial charge in [0.25, 0.3) is 0 Å². The van der Waals surface area contributed by atoms with E-state index >= 15 is 0 Å². The van der Waals surface area contributed by atoms with Crippen LogP contribution in [0.2, 0.25) is 0 Å². The van der Waals surface area contributed by atoms with E-state index < -0.39 is 0 Å². The van der Waals surface area contributed by atoms with Crippen LogP contribution < -0.4 is 5.32 Å². The van der Waals surface area contributed by atoms with Crippen LogP contribution >= 0.6 is 11.8 Å². The Morgan fingerprint density at radius 1 is 1.25 bits per heavy atom. The first-order valence-corrected chi connectivity index (χ1v) is 9.00. The molecule has 1 saturated heterocycles. The van der Waals surface area contributed by atoms with Gasteiger partial charge in [0.15, 0.2) is 0 Å². The number of hydrogen-bond donors (Lipinski definition) is 1. The van der Waals surface area contributed by atoms with Crippen LogP contribution in [0.3, 0.4) is 0 Å². The van der Waals surface area contributed by atoms with Gasteiger partial charge >= 0.3 is 0 Å². The average molecular weight is 290 g/mol. The second-order valence-corrected chi connectivity index (χ2v) is 7.24. The quantitative estimate of drug-likeness (QED) is 0.810. The van der Waals surface area contributed by atoms with Crippen molar-refractivity contribution in [1.82, 2.24) is 10.2 Å². The van der Waals surface area contributed by atoms with Gasteiger partial charge in [-0.05, 0) is 37.3 Å². The van der Waals surface area contributed by atoms with Crippen LogP contribution in [0, 0.1) is 5.92 Å². The van der Waals surface area contributed by atoms with Crippen molar-refractivity contribution in [2.24, 2.45) is 5.92 Å². The number of nitrogens with zero attached hydrogens (tertiary/aromatic N) is 1. The van der Waals surface area contributed by atoms with Gasteiger partial charge in [0.05, 0.1) is 0 Å². The van der Waals surface area contributed by atoms with Crippen LogP contribution in [0.1, 0.15) is 26.2 Å². The van der Waals surface area contributed by atoms with Gasteiger partial charge in [-0.2, -0.15) is 0 Å². The van der Waals surface area contributed by atoms with E-state index in [0.29, 0.717) is 6.04 Å². The zero-order chi connectivity index (χ0) is 13.8. The van der Waals surface area contributed by atoms with Crippen LogP contribution in [-0.4, -0.2) is 42.4 Å². The Balaban J connectivity index is 1.50. The van der Waals surface area contributed by atoms with Gasteiger partial charge in [-0.15, -0.1) is 11.8 Å². The van der Waals surface area contributed by atoms with Gasteiger partial charge in [-0.1, -0.05) is 25.1 Å². The molecule has 2 aliphatic rings. The van der Waals surface area contributed by atoms with E-state index in [4.69, 9.17) is 0 Å². The number of thioether (sulfide) groups is 1. The number of rotatable bonds is 6. The van der Waals surface area contributed by atoms with Crippen LogP contribution in [-0.2, 0) is 0 Å². The monoisotopic (exact) mass is 290 g/mol. The highest BCUT2D eigenvalue weighted by atomic mass is 32.2. The molecule has 3 heteroatoms. The van der Waals surface area contributed by atoms with Crippen LogP contribution in [0.5, 0.6) is 0 Å². The molecular formula is C17H26N2S. The fraction of sp³-hybridized carbons (Fsp3) is 0.647. The van der Waals surface area contributed by atoms with E-state index in [2.05, 4.69) is 47.5 Å². The highest BCUT2D eigenvalue weighted by Crippen LogP contribution is 2.36. The summed E-state index contributed by atoms with van der Waals surface area (Å²) in [5.74, 6) is 2.19. The Hall–Kier alpha value is -0.510. The molecule has 110 valence electrons. The molecule has 0 aromatic heterocycles. The molecule has 1 aliphatic heterocycles. The van der Waals surface area contributed by atoms with Gasteiger partial charge in [0.1, 0.15) is 0 Å². The Kier molecular flexibility index (Phi) is 5.03. The van der Waals surface area contributed by atoms with Crippen molar-refractivity contribution < 1.29 is 0 Å². The SMILES string of the molecule is CCC1CN(CCSc2ccccc2)C(C2CC2)CN1. The molecule has 1 heterocycles. The summed E-state index contributed by atoms with van der Waals surface area (Å²) in [7, 11) is 0. The summed E-state index contributed by atoms with van der Waals surface area (Å²) in [5, 5.41) is 3.73. The molecule has 2 nitrogen and oxygen atoms in total.